The quantitative estimate of drug-likeness (QED) is 0.219. The molecule has 14 nitrogen and oxygen atoms in total. The average Bonchev–Trinajstić information content (AvgIpc) is 2.79. The zero-order chi connectivity index (χ0) is 27.7. The first-order valence-electron chi connectivity index (χ1n) is 11.2. The van der Waals surface area contributed by atoms with Gasteiger partial charge in [-0.3, -0.25) is 24.0 Å². The van der Waals surface area contributed by atoms with E-state index in [-0.39, 0.29) is 6.61 Å². The maximum atomic E-state index is 11.9. The molecule has 37 heavy (non-hydrogen) atoms. The van der Waals surface area contributed by atoms with Crippen LogP contribution >= 0.6 is 0 Å². The summed E-state index contributed by atoms with van der Waals surface area (Å²) in [4.78, 5) is 58.5. The van der Waals surface area contributed by atoms with Crippen LogP contribution in [0.25, 0.3) is 0 Å². The standard InChI is InChI=1S/C23H29NO13/c1-11(25)30-10-19-20(33-13(3)27)21(34-14(4)28)22(35-15(5)29)23(37-19)31-9-18-17(32-12(2)26)7-6-16(8-24)36-18/h6-7,16-23H,9-10H2,1-5H3/t16-,17-,18+,19+,20+,21-,22+,23+/m0/s1. The Bertz CT molecular complexity index is 941. The summed E-state index contributed by atoms with van der Waals surface area (Å²) in [6.45, 7) is 4.87. The summed E-state index contributed by atoms with van der Waals surface area (Å²) in [7, 11) is 0. The molecule has 2 rings (SSSR count). The van der Waals surface area contributed by atoms with E-state index in [0.29, 0.717) is 0 Å². The highest BCUT2D eigenvalue weighted by molar-refractivity contribution is 5.69. The average molecular weight is 527 g/mol. The molecule has 0 aromatic carbocycles. The molecule has 0 bridgehead atoms. The molecule has 2 aliphatic heterocycles. The lowest BCUT2D eigenvalue weighted by Gasteiger charge is -2.44. The molecule has 0 radical (unpaired) electrons. The van der Waals surface area contributed by atoms with Crippen LogP contribution < -0.4 is 0 Å². The Kier molecular flexibility index (Phi) is 11.0. The number of hydrogen-bond acceptors (Lipinski definition) is 14. The van der Waals surface area contributed by atoms with Crippen molar-refractivity contribution in [3.63, 3.8) is 0 Å². The van der Waals surface area contributed by atoms with E-state index in [2.05, 4.69) is 0 Å². The Labute approximate surface area is 212 Å². The lowest BCUT2D eigenvalue weighted by molar-refractivity contribution is -0.313. The summed E-state index contributed by atoms with van der Waals surface area (Å²) < 4.78 is 43.4. The largest absolute Gasteiger partial charge is 0.463 e. The molecule has 2 heterocycles. The second kappa shape index (κ2) is 13.7. The number of ether oxygens (including phenoxy) is 8. The molecule has 0 aliphatic carbocycles. The Balaban J connectivity index is 2.36. The highest BCUT2D eigenvalue weighted by Crippen LogP contribution is 2.30. The van der Waals surface area contributed by atoms with Gasteiger partial charge in [0.15, 0.2) is 30.7 Å². The molecule has 204 valence electrons. The molecule has 2 aliphatic rings. The summed E-state index contributed by atoms with van der Waals surface area (Å²) in [6, 6.07) is 1.91. The van der Waals surface area contributed by atoms with Crippen LogP contribution in [0, 0.1) is 11.3 Å². The Morgan fingerprint density at radius 1 is 0.703 bits per heavy atom. The van der Waals surface area contributed by atoms with Crippen molar-refractivity contribution >= 4 is 29.8 Å². The van der Waals surface area contributed by atoms with Gasteiger partial charge in [0.05, 0.1) is 12.7 Å². The van der Waals surface area contributed by atoms with Crippen molar-refractivity contribution in [3.05, 3.63) is 12.2 Å². The van der Waals surface area contributed by atoms with Crippen LogP contribution in [0.15, 0.2) is 12.2 Å². The predicted octanol–water partition coefficient (Wildman–Crippen LogP) is -0.135. The van der Waals surface area contributed by atoms with Gasteiger partial charge in [-0.2, -0.15) is 5.26 Å². The summed E-state index contributed by atoms with van der Waals surface area (Å²) in [5, 5.41) is 9.21. The third kappa shape index (κ3) is 9.12. The minimum atomic E-state index is -1.45. The van der Waals surface area contributed by atoms with Crippen LogP contribution in [0.2, 0.25) is 0 Å². The lowest BCUT2D eigenvalue weighted by Crippen LogP contribution is -2.63. The third-order valence-corrected chi connectivity index (χ3v) is 4.97. The topological polar surface area (TPSA) is 183 Å². The highest BCUT2D eigenvalue weighted by Gasteiger charge is 2.53. The predicted molar refractivity (Wildman–Crippen MR) is 117 cm³/mol. The molecule has 0 amide bonds. The number of nitrogens with zero attached hydrogens (tertiary/aromatic N) is 1. The van der Waals surface area contributed by atoms with Crippen LogP contribution in [0.4, 0.5) is 0 Å². The van der Waals surface area contributed by atoms with E-state index in [1.807, 2.05) is 6.07 Å². The zero-order valence-electron chi connectivity index (χ0n) is 20.9. The molecular weight excluding hydrogens is 498 g/mol. The minimum absolute atomic E-state index is 0.339. The highest BCUT2D eigenvalue weighted by atomic mass is 16.7. The molecule has 1 fully saturated rings. The molecule has 0 N–H and O–H groups in total. The van der Waals surface area contributed by atoms with Crippen LogP contribution in [0.3, 0.4) is 0 Å². The van der Waals surface area contributed by atoms with Crippen molar-refractivity contribution in [2.24, 2.45) is 0 Å². The van der Waals surface area contributed by atoms with E-state index in [0.717, 1.165) is 27.7 Å². The van der Waals surface area contributed by atoms with Crippen LogP contribution in [-0.2, 0) is 61.9 Å². The zero-order valence-corrected chi connectivity index (χ0v) is 20.9. The summed E-state index contributed by atoms with van der Waals surface area (Å²) in [6.07, 6.45) is -6.76. The summed E-state index contributed by atoms with van der Waals surface area (Å²) in [5.41, 5.74) is 0. The normalized spacial score (nSPS) is 30.8. The van der Waals surface area contributed by atoms with Crippen molar-refractivity contribution in [2.45, 2.75) is 83.6 Å². The van der Waals surface area contributed by atoms with E-state index in [4.69, 9.17) is 37.9 Å². The fourth-order valence-corrected chi connectivity index (χ4v) is 3.67. The number of carbonyl (C=O) groups is 5. The first-order valence-corrected chi connectivity index (χ1v) is 11.2. The minimum Gasteiger partial charge on any atom is -0.463 e. The van der Waals surface area contributed by atoms with Gasteiger partial charge in [-0.1, -0.05) is 0 Å². The van der Waals surface area contributed by atoms with Crippen molar-refractivity contribution in [2.75, 3.05) is 13.2 Å². The van der Waals surface area contributed by atoms with E-state index < -0.39 is 85.5 Å². The SMILES string of the molecule is CC(=O)OC[C@H]1O[C@@H](OC[C@H]2O[C@H](C#N)C=C[C@@H]2OC(C)=O)[C@H](OC(C)=O)[C@@H](OC(C)=O)[C@@H]1OC(C)=O. The number of hydrogen-bond donors (Lipinski definition) is 0. The summed E-state index contributed by atoms with van der Waals surface area (Å²) >= 11 is 0. The molecule has 0 saturated carbocycles. The van der Waals surface area contributed by atoms with Crippen molar-refractivity contribution < 1.29 is 61.9 Å². The van der Waals surface area contributed by atoms with E-state index >= 15 is 0 Å². The van der Waals surface area contributed by atoms with Gasteiger partial charge in [-0.15, -0.1) is 0 Å². The van der Waals surface area contributed by atoms with Crippen LogP contribution in [0.1, 0.15) is 34.6 Å². The number of nitriles is 1. The van der Waals surface area contributed by atoms with Gasteiger partial charge in [0.25, 0.3) is 0 Å². The van der Waals surface area contributed by atoms with E-state index in [1.54, 1.807) is 0 Å². The number of esters is 5. The van der Waals surface area contributed by atoms with Gasteiger partial charge in [-0.05, 0) is 12.2 Å². The number of carbonyl (C=O) groups excluding carboxylic acids is 5. The summed E-state index contributed by atoms with van der Waals surface area (Å²) in [5.74, 6) is -3.63. The smallest absolute Gasteiger partial charge is 0.303 e. The Morgan fingerprint density at radius 3 is 1.81 bits per heavy atom. The molecule has 1 saturated heterocycles. The van der Waals surface area contributed by atoms with Crippen LogP contribution in [0.5, 0.6) is 0 Å². The van der Waals surface area contributed by atoms with Gasteiger partial charge in [-0.25, -0.2) is 0 Å². The van der Waals surface area contributed by atoms with Gasteiger partial charge >= 0.3 is 29.8 Å². The fourth-order valence-electron chi connectivity index (χ4n) is 3.67. The molecule has 0 spiro atoms. The first-order chi connectivity index (χ1) is 17.4. The van der Waals surface area contributed by atoms with Crippen molar-refractivity contribution in [3.8, 4) is 6.07 Å². The maximum absolute atomic E-state index is 11.9. The molecule has 14 heteroatoms. The fraction of sp³-hybridized carbons (Fsp3) is 0.652. The number of rotatable bonds is 9. The van der Waals surface area contributed by atoms with Crippen molar-refractivity contribution in [1.82, 2.24) is 0 Å². The second-order valence-electron chi connectivity index (χ2n) is 8.08. The van der Waals surface area contributed by atoms with Gasteiger partial charge in [0, 0.05) is 34.6 Å². The first kappa shape index (κ1) is 29.7. The molecule has 0 aromatic heterocycles. The van der Waals surface area contributed by atoms with E-state index in [1.165, 1.54) is 19.1 Å². The van der Waals surface area contributed by atoms with E-state index in [9.17, 15) is 29.2 Å². The maximum Gasteiger partial charge on any atom is 0.303 e. The van der Waals surface area contributed by atoms with Gasteiger partial charge < -0.3 is 37.9 Å². The van der Waals surface area contributed by atoms with Gasteiger partial charge in [0.2, 0.25) is 0 Å². The van der Waals surface area contributed by atoms with Crippen LogP contribution in [-0.4, -0.2) is 92.1 Å². The van der Waals surface area contributed by atoms with Crippen molar-refractivity contribution in [1.29, 1.82) is 5.26 Å². The molecule has 8 atom stereocenters. The molecule has 0 aromatic rings. The Hall–Kier alpha value is -3.54. The monoisotopic (exact) mass is 527 g/mol. The second-order valence-corrected chi connectivity index (χ2v) is 8.08. The third-order valence-electron chi connectivity index (χ3n) is 4.97. The molecule has 0 unspecified atom stereocenters. The molecular formula is C23H29NO13. The van der Waals surface area contributed by atoms with Gasteiger partial charge in [0.1, 0.15) is 24.9 Å². The lowest BCUT2D eigenvalue weighted by atomic mass is 9.98. The Morgan fingerprint density at radius 2 is 1.27 bits per heavy atom.